The first-order chi connectivity index (χ1) is 9.08. The van der Waals surface area contributed by atoms with Crippen LogP contribution in [-0.2, 0) is 11.3 Å². The molecule has 2 unspecified atom stereocenters. The topological polar surface area (TPSA) is 32.7 Å². The van der Waals surface area contributed by atoms with Crippen molar-refractivity contribution >= 4 is 0 Å². The summed E-state index contributed by atoms with van der Waals surface area (Å²) >= 11 is 0. The second kappa shape index (κ2) is 6.51. The van der Waals surface area contributed by atoms with Gasteiger partial charge < -0.3 is 9.84 Å². The fraction of sp³-hybridized carbons (Fsp3) is 0.625. The van der Waals surface area contributed by atoms with E-state index in [0.29, 0.717) is 5.92 Å². The van der Waals surface area contributed by atoms with E-state index in [1.165, 1.54) is 11.1 Å². The van der Waals surface area contributed by atoms with Gasteiger partial charge in [0.1, 0.15) is 0 Å². The van der Waals surface area contributed by atoms with Gasteiger partial charge in [0.2, 0.25) is 0 Å². The van der Waals surface area contributed by atoms with Crippen LogP contribution in [0, 0.1) is 0 Å². The van der Waals surface area contributed by atoms with E-state index >= 15 is 0 Å². The van der Waals surface area contributed by atoms with Gasteiger partial charge in [0.15, 0.2) is 0 Å². The normalized spacial score (nSPS) is 24.9. The predicted octanol–water partition coefficient (Wildman–Crippen LogP) is 2.39. The first-order valence-corrected chi connectivity index (χ1v) is 7.16. The molecule has 0 aliphatic carbocycles. The van der Waals surface area contributed by atoms with E-state index in [9.17, 15) is 5.11 Å². The standard InChI is InChI=1S/C16H25NO2/c1-12(2)15-6-4-14(5-7-15)9-17-8-13(3)19-16(10-17)11-18/h4-7,12-13,16,18H,8-11H2,1-3H3. The Morgan fingerprint density at radius 2 is 1.95 bits per heavy atom. The van der Waals surface area contributed by atoms with Gasteiger partial charge in [-0.15, -0.1) is 0 Å². The summed E-state index contributed by atoms with van der Waals surface area (Å²) in [7, 11) is 0. The Kier molecular flexibility index (Phi) is 4.97. The Bertz CT molecular complexity index is 388. The number of morpholine rings is 1. The summed E-state index contributed by atoms with van der Waals surface area (Å²) in [4.78, 5) is 2.36. The van der Waals surface area contributed by atoms with Crippen LogP contribution in [0.2, 0.25) is 0 Å². The first kappa shape index (κ1) is 14.5. The number of nitrogens with zero attached hydrogens (tertiary/aromatic N) is 1. The van der Waals surface area contributed by atoms with Crippen molar-refractivity contribution in [1.29, 1.82) is 0 Å². The number of aliphatic hydroxyl groups is 1. The van der Waals surface area contributed by atoms with Crippen LogP contribution in [0.4, 0.5) is 0 Å². The van der Waals surface area contributed by atoms with Crippen molar-refractivity contribution in [2.75, 3.05) is 19.7 Å². The van der Waals surface area contributed by atoms with Gasteiger partial charge in [0.05, 0.1) is 18.8 Å². The Balaban J connectivity index is 1.96. The summed E-state index contributed by atoms with van der Waals surface area (Å²) in [6.07, 6.45) is 0.152. The average Bonchev–Trinajstić information content (AvgIpc) is 2.38. The number of hydrogen-bond donors (Lipinski definition) is 1. The molecule has 0 spiro atoms. The van der Waals surface area contributed by atoms with E-state index in [-0.39, 0.29) is 18.8 Å². The fourth-order valence-corrected chi connectivity index (χ4v) is 2.64. The van der Waals surface area contributed by atoms with Crippen LogP contribution in [0.1, 0.15) is 37.8 Å². The highest BCUT2D eigenvalue weighted by atomic mass is 16.5. The number of aliphatic hydroxyl groups excluding tert-OH is 1. The predicted molar refractivity (Wildman–Crippen MR) is 77.2 cm³/mol. The van der Waals surface area contributed by atoms with Crippen LogP contribution in [0.3, 0.4) is 0 Å². The van der Waals surface area contributed by atoms with Gasteiger partial charge in [0, 0.05) is 19.6 Å². The van der Waals surface area contributed by atoms with Crippen LogP contribution < -0.4 is 0 Å². The molecule has 2 rings (SSSR count). The van der Waals surface area contributed by atoms with Crippen LogP contribution in [0.15, 0.2) is 24.3 Å². The van der Waals surface area contributed by atoms with Crippen molar-refractivity contribution in [3.63, 3.8) is 0 Å². The van der Waals surface area contributed by atoms with Crippen molar-refractivity contribution < 1.29 is 9.84 Å². The first-order valence-electron chi connectivity index (χ1n) is 7.16. The van der Waals surface area contributed by atoms with Gasteiger partial charge >= 0.3 is 0 Å². The average molecular weight is 263 g/mol. The zero-order valence-electron chi connectivity index (χ0n) is 12.2. The molecule has 1 aliphatic rings. The molecule has 1 aromatic rings. The van der Waals surface area contributed by atoms with E-state index in [1.807, 2.05) is 0 Å². The van der Waals surface area contributed by atoms with Crippen molar-refractivity contribution in [3.8, 4) is 0 Å². The highest BCUT2D eigenvalue weighted by Gasteiger charge is 2.24. The molecule has 1 heterocycles. The molecule has 0 bridgehead atoms. The molecule has 2 atom stereocenters. The van der Waals surface area contributed by atoms with E-state index in [2.05, 4.69) is 49.9 Å². The van der Waals surface area contributed by atoms with Crippen molar-refractivity contribution in [2.45, 2.75) is 45.4 Å². The van der Waals surface area contributed by atoms with E-state index in [4.69, 9.17) is 4.74 Å². The lowest BCUT2D eigenvalue weighted by atomic mass is 10.0. The second-order valence-corrected chi connectivity index (χ2v) is 5.84. The van der Waals surface area contributed by atoms with Gasteiger partial charge in [-0.1, -0.05) is 38.1 Å². The molecule has 1 N–H and O–H groups in total. The molecule has 0 saturated carbocycles. The van der Waals surface area contributed by atoms with Gasteiger partial charge in [-0.2, -0.15) is 0 Å². The summed E-state index contributed by atoms with van der Waals surface area (Å²) in [5.74, 6) is 0.580. The molecular weight excluding hydrogens is 238 g/mol. The van der Waals surface area contributed by atoms with E-state index in [1.54, 1.807) is 0 Å². The highest BCUT2D eigenvalue weighted by molar-refractivity contribution is 5.24. The summed E-state index contributed by atoms with van der Waals surface area (Å²) in [6.45, 7) is 9.27. The van der Waals surface area contributed by atoms with Crippen molar-refractivity contribution in [1.82, 2.24) is 4.90 Å². The lowest BCUT2D eigenvalue weighted by molar-refractivity contribution is -0.0972. The fourth-order valence-electron chi connectivity index (χ4n) is 2.64. The lowest BCUT2D eigenvalue weighted by Crippen LogP contribution is -2.47. The molecule has 0 aromatic heterocycles. The molecule has 1 aliphatic heterocycles. The Morgan fingerprint density at radius 1 is 1.26 bits per heavy atom. The van der Waals surface area contributed by atoms with Gasteiger partial charge in [-0.3, -0.25) is 4.90 Å². The molecule has 1 aromatic carbocycles. The Hall–Kier alpha value is -0.900. The lowest BCUT2D eigenvalue weighted by Gasteiger charge is -2.36. The second-order valence-electron chi connectivity index (χ2n) is 5.84. The zero-order valence-corrected chi connectivity index (χ0v) is 12.2. The monoisotopic (exact) mass is 263 g/mol. The number of hydrogen-bond acceptors (Lipinski definition) is 3. The minimum absolute atomic E-state index is 0.0429. The van der Waals surface area contributed by atoms with E-state index in [0.717, 1.165) is 19.6 Å². The molecule has 3 heteroatoms. The maximum atomic E-state index is 9.24. The smallest absolute Gasteiger partial charge is 0.0936 e. The molecule has 106 valence electrons. The summed E-state index contributed by atoms with van der Waals surface area (Å²) in [5, 5.41) is 9.24. The van der Waals surface area contributed by atoms with Crippen LogP contribution in [0.25, 0.3) is 0 Å². The number of rotatable bonds is 4. The third kappa shape index (κ3) is 4.03. The molecule has 0 radical (unpaired) electrons. The largest absolute Gasteiger partial charge is 0.394 e. The maximum absolute atomic E-state index is 9.24. The van der Waals surface area contributed by atoms with Gasteiger partial charge in [-0.25, -0.2) is 0 Å². The molecule has 3 nitrogen and oxygen atoms in total. The molecule has 19 heavy (non-hydrogen) atoms. The van der Waals surface area contributed by atoms with Crippen molar-refractivity contribution in [2.24, 2.45) is 0 Å². The van der Waals surface area contributed by atoms with Crippen LogP contribution in [-0.4, -0.2) is 41.9 Å². The van der Waals surface area contributed by atoms with Gasteiger partial charge in [-0.05, 0) is 24.0 Å². The van der Waals surface area contributed by atoms with Gasteiger partial charge in [0.25, 0.3) is 0 Å². The zero-order chi connectivity index (χ0) is 13.8. The Morgan fingerprint density at radius 3 is 2.53 bits per heavy atom. The highest BCUT2D eigenvalue weighted by Crippen LogP contribution is 2.17. The van der Waals surface area contributed by atoms with E-state index < -0.39 is 0 Å². The van der Waals surface area contributed by atoms with Crippen LogP contribution >= 0.6 is 0 Å². The molecule has 1 saturated heterocycles. The SMILES string of the molecule is CC1CN(Cc2ccc(C(C)C)cc2)CC(CO)O1. The third-order valence-electron chi connectivity index (χ3n) is 3.66. The summed E-state index contributed by atoms with van der Waals surface area (Å²) < 4.78 is 5.66. The molecular formula is C16H25NO2. The third-order valence-corrected chi connectivity index (χ3v) is 3.66. The quantitative estimate of drug-likeness (QED) is 0.905. The number of ether oxygens (including phenoxy) is 1. The minimum Gasteiger partial charge on any atom is -0.394 e. The molecule has 0 amide bonds. The summed E-state index contributed by atoms with van der Waals surface area (Å²) in [6, 6.07) is 8.85. The number of benzene rings is 1. The van der Waals surface area contributed by atoms with Crippen molar-refractivity contribution in [3.05, 3.63) is 35.4 Å². The molecule has 1 fully saturated rings. The minimum atomic E-state index is -0.0429. The summed E-state index contributed by atoms with van der Waals surface area (Å²) in [5.41, 5.74) is 2.71. The maximum Gasteiger partial charge on any atom is 0.0936 e. The van der Waals surface area contributed by atoms with Crippen LogP contribution in [0.5, 0.6) is 0 Å². The Labute approximate surface area is 116 Å².